The van der Waals surface area contributed by atoms with Gasteiger partial charge in [0.2, 0.25) is 0 Å². The molecule has 0 spiro atoms. The van der Waals surface area contributed by atoms with Gasteiger partial charge in [-0.2, -0.15) is 0 Å². The van der Waals surface area contributed by atoms with E-state index in [9.17, 15) is 0 Å². The Kier molecular flexibility index (Phi) is 5.05. The van der Waals surface area contributed by atoms with Gasteiger partial charge in [-0.25, -0.2) is 0 Å². The van der Waals surface area contributed by atoms with Crippen molar-refractivity contribution in [2.45, 2.75) is 0 Å². The maximum atomic E-state index is 3.75. The first-order chi connectivity index (χ1) is 20.8. The molecule has 9 aromatic rings. The van der Waals surface area contributed by atoms with E-state index in [-0.39, 0.29) is 0 Å². The Morgan fingerprint density at radius 2 is 0.810 bits per heavy atom. The second kappa shape index (κ2) is 8.97. The smallest absolute Gasteiger partial charge is 0.0803 e. The Balaban J connectivity index is 1.47. The normalized spacial score (nSPS) is 11.9. The molecule has 42 heavy (non-hydrogen) atoms. The van der Waals surface area contributed by atoms with E-state index in [0.29, 0.717) is 0 Å². The summed E-state index contributed by atoms with van der Waals surface area (Å²) >= 11 is 3.75. The van der Waals surface area contributed by atoms with Crippen molar-refractivity contribution in [3.05, 3.63) is 150 Å². The Morgan fingerprint density at radius 3 is 1.38 bits per heavy atom. The van der Waals surface area contributed by atoms with E-state index in [1.165, 1.54) is 54.6 Å². The van der Waals surface area contributed by atoms with Crippen LogP contribution in [0.4, 0.5) is 0 Å². The molecular formula is C38H24BrN3. The third-order valence-electron chi connectivity index (χ3n) is 8.47. The maximum absolute atomic E-state index is 3.75. The highest BCUT2D eigenvalue weighted by Crippen LogP contribution is 2.42. The van der Waals surface area contributed by atoms with Crippen molar-refractivity contribution in [1.82, 2.24) is 13.7 Å². The summed E-state index contributed by atoms with van der Waals surface area (Å²) in [5, 5.41) is 4.97. The minimum Gasteiger partial charge on any atom is -0.309 e. The van der Waals surface area contributed by atoms with Crippen molar-refractivity contribution >= 4 is 70.6 Å². The van der Waals surface area contributed by atoms with E-state index in [4.69, 9.17) is 0 Å². The van der Waals surface area contributed by atoms with E-state index >= 15 is 0 Å². The second-order valence-electron chi connectivity index (χ2n) is 10.8. The van der Waals surface area contributed by atoms with Crippen molar-refractivity contribution in [2.24, 2.45) is 0 Å². The summed E-state index contributed by atoms with van der Waals surface area (Å²) in [5.74, 6) is 0. The van der Waals surface area contributed by atoms with Gasteiger partial charge in [0.15, 0.2) is 0 Å². The molecule has 0 N–H and O–H groups in total. The van der Waals surface area contributed by atoms with Crippen molar-refractivity contribution in [1.29, 1.82) is 0 Å². The zero-order valence-corrected chi connectivity index (χ0v) is 24.2. The summed E-state index contributed by atoms with van der Waals surface area (Å²) in [6.45, 7) is 0. The molecular weight excluding hydrogens is 578 g/mol. The van der Waals surface area contributed by atoms with Crippen molar-refractivity contribution in [2.75, 3.05) is 0 Å². The van der Waals surface area contributed by atoms with Crippen LogP contribution in [0.1, 0.15) is 0 Å². The SMILES string of the molecule is Brc1ccc2c(c1)n(-c1ccccc1)c1c3ccc(-n4c5ccccc5c5ccccc54)cc3n(-c3ccccc3)c21. The number of para-hydroxylation sites is 4. The number of fused-ring (bicyclic) bond motifs is 8. The minimum absolute atomic E-state index is 1.07. The lowest BCUT2D eigenvalue weighted by atomic mass is 10.2. The van der Waals surface area contributed by atoms with Crippen LogP contribution in [0.15, 0.2) is 150 Å². The van der Waals surface area contributed by atoms with Crippen LogP contribution in [0.5, 0.6) is 0 Å². The van der Waals surface area contributed by atoms with Gasteiger partial charge < -0.3 is 13.7 Å². The predicted molar refractivity (Wildman–Crippen MR) is 180 cm³/mol. The monoisotopic (exact) mass is 601 g/mol. The molecule has 0 aliphatic rings. The van der Waals surface area contributed by atoms with Gasteiger partial charge in [0.1, 0.15) is 0 Å². The third-order valence-corrected chi connectivity index (χ3v) is 8.96. The molecule has 0 atom stereocenters. The first kappa shape index (κ1) is 23.6. The molecule has 0 fully saturated rings. The van der Waals surface area contributed by atoms with Gasteiger partial charge >= 0.3 is 0 Å². The Hall–Kier alpha value is -5.06. The highest BCUT2D eigenvalue weighted by Gasteiger charge is 2.23. The highest BCUT2D eigenvalue weighted by atomic mass is 79.9. The molecule has 0 amide bonds. The summed E-state index contributed by atoms with van der Waals surface area (Å²) in [6, 6.07) is 52.4. The van der Waals surface area contributed by atoms with Crippen LogP contribution in [0.3, 0.4) is 0 Å². The lowest BCUT2D eigenvalue weighted by Gasteiger charge is -2.12. The largest absolute Gasteiger partial charge is 0.309 e. The highest BCUT2D eigenvalue weighted by molar-refractivity contribution is 9.10. The fraction of sp³-hybridized carbons (Fsp3) is 0. The summed E-state index contributed by atoms with van der Waals surface area (Å²) in [7, 11) is 0. The molecule has 198 valence electrons. The van der Waals surface area contributed by atoms with Crippen LogP contribution in [-0.2, 0) is 0 Å². The van der Waals surface area contributed by atoms with Crippen LogP contribution < -0.4 is 0 Å². The van der Waals surface area contributed by atoms with Gasteiger partial charge in [-0.05, 0) is 72.8 Å². The molecule has 4 heteroatoms. The molecule has 0 unspecified atom stereocenters. The second-order valence-corrected chi connectivity index (χ2v) is 11.7. The summed E-state index contributed by atoms with van der Waals surface area (Å²) in [5.41, 5.74) is 10.6. The maximum Gasteiger partial charge on any atom is 0.0803 e. The molecule has 0 radical (unpaired) electrons. The van der Waals surface area contributed by atoms with Crippen molar-refractivity contribution < 1.29 is 0 Å². The van der Waals surface area contributed by atoms with Gasteiger partial charge in [-0.3, -0.25) is 0 Å². The summed E-state index contributed by atoms with van der Waals surface area (Å²) in [6.07, 6.45) is 0. The Labute approximate surface area is 250 Å². The number of hydrogen-bond acceptors (Lipinski definition) is 0. The first-order valence-electron chi connectivity index (χ1n) is 14.2. The Morgan fingerprint density at radius 1 is 0.333 bits per heavy atom. The van der Waals surface area contributed by atoms with Crippen molar-refractivity contribution in [3.8, 4) is 17.1 Å². The number of benzene rings is 6. The van der Waals surface area contributed by atoms with Crippen molar-refractivity contribution in [3.63, 3.8) is 0 Å². The van der Waals surface area contributed by atoms with E-state index in [1.807, 2.05) is 0 Å². The van der Waals surface area contributed by atoms with Crippen LogP contribution in [0, 0.1) is 0 Å². The average molecular weight is 603 g/mol. The van der Waals surface area contributed by atoms with Crippen LogP contribution in [-0.4, -0.2) is 13.7 Å². The fourth-order valence-corrected chi connectivity index (χ4v) is 7.12. The van der Waals surface area contributed by atoms with Gasteiger partial charge in [0.05, 0.1) is 33.1 Å². The molecule has 3 heterocycles. The van der Waals surface area contributed by atoms with Gasteiger partial charge in [-0.15, -0.1) is 0 Å². The number of halogens is 1. The fourth-order valence-electron chi connectivity index (χ4n) is 6.77. The quantitative estimate of drug-likeness (QED) is 0.191. The number of aromatic nitrogens is 3. The summed E-state index contributed by atoms with van der Waals surface area (Å²) in [4.78, 5) is 0. The van der Waals surface area contributed by atoms with Gasteiger partial charge in [0, 0.05) is 43.1 Å². The van der Waals surface area contributed by atoms with Crippen LogP contribution in [0.25, 0.3) is 71.7 Å². The lowest BCUT2D eigenvalue weighted by molar-refractivity contribution is 1.16. The predicted octanol–water partition coefficient (Wildman–Crippen LogP) is 10.6. The van der Waals surface area contributed by atoms with E-state index < -0.39 is 0 Å². The molecule has 3 aromatic heterocycles. The standard InChI is InChI=1S/C38H24BrN3/c39-25-19-21-31-35(23-25)41(26-11-3-1-4-12-26)38-32-22-20-28(24-36(32)42(37(31)38)27-13-5-2-6-14-27)40-33-17-9-7-15-29(33)30-16-8-10-18-34(30)40/h1-24H. The number of rotatable bonds is 3. The number of nitrogens with zero attached hydrogens (tertiary/aromatic N) is 3. The average Bonchev–Trinajstić information content (AvgIpc) is 3.66. The lowest BCUT2D eigenvalue weighted by Crippen LogP contribution is -1.97. The number of hydrogen-bond donors (Lipinski definition) is 0. The molecule has 0 aliphatic carbocycles. The molecule has 9 rings (SSSR count). The summed E-state index contributed by atoms with van der Waals surface area (Å²) < 4.78 is 8.32. The zero-order chi connectivity index (χ0) is 27.8. The van der Waals surface area contributed by atoms with Crippen LogP contribution in [0.2, 0.25) is 0 Å². The van der Waals surface area contributed by atoms with Crippen LogP contribution >= 0.6 is 15.9 Å². The molecule has 0 saturated heterocycles. The minimum atomic E-state index is 1.07. The molecule has 6 aromatic carbocycles. The molecule has 0 aliphatic heterocycles. The molecule has 0 saturated carbocycles. The third kappa shape index (κ3) is 3.27. The zero-order valence-electron chi connectivity index (χ0n) is 22.6. The molecule has 3 nitrogen and oxygen atoms in total. The van der Waals surface area contributed by atoms with Gasteiger partial charge in [0.25, 0.3) is 0 Å². The Bertz CT molecular complexity index is 2410. The first-order valence-corrected chi connectivity index (χ1v) is 14.9. The van der Waals surface area contributed by atoms with E-state index in [1.54, 1.807) is 0 Å². The van der Waals surface area contributed by atoms with Gasteiger partial charge in [-0.1, -0.05) is 88.7 Å². The molecule has 0 bridgehead atoms. The van der Waals surface area contributed by atoms with E-state index in [0.717, 1.165) is 21.5 Å². The topological polar surface area (TPSA) is 14.8 Å². The van der Waals surface area contributed by atoms with E-state index in [2.05, 4.69) is 175 Å².